The van der Waals surface area contributed by atoms with Gasteiger partial charge in [-0.05, 0) is 53.9 Å². The predicted molar refractivity (Wildman–Crippen MR) is 97.1 cm³/mol. The molecular weight excluding hydrogens is 386 g/mol. The number of hydrogen-bond donors (Lipinski definition) is 0. The fourth-order valence-corrected chi connectivity index (χ4v) is 2.82. The van der Waals surface area contributed by atoms with E-state index in [4.69, 9.17) is 19.5 Å². The average molecular weight is 404 g/mol. The number of carbonyl (C=O) groups is 1. The van der Waals surface area contributed by atoms with Crippen molar-refractivity contribution in [3.05, 3.63) is 51.5 Å². The van der Waals surface area contributed by atoms with Gasteiger partial charge < -0.3 is 14.2 Å². The maximum absolute atomic E-state index is 12.2. The first kappa shape index (κ1) is 18.8. The van der Waals surface area contributed by atoms with Crippen LogP contribution >= 0.6 is 15.9 Å². The van der Waals surface area contributed by atoms with Crippen LogP contribution in [-0.4, -0.2) is 19.2 Å². The molecule has 0 aliphatic heterocycles. The van der Waals surface area contributed by atoms with Crippen LogP contribution in [0.25, 0.3) is 0 Å². The SMILES string of the molecule is CCOc1cc(C#N)cc(Br)c1OC(=O)COc1c(C)cccc1C. The van der Waals surface area contributed by atoms with E-state index < -0.39 is 5.97 Å². The van der Waals surface area contributed by atoms with Crippen molar-refractivity contribution in [3.8, 4) is 23.3 Å². The summed E-state index contributed by atoms with van der Waals surface area (Å²) < 4.78 is 16.9. The highest BCUT2D eigenvalue weighted by atomic mass is 79.9. The molecule has 5 nitrogen and oxygen atoms in total. The molecule has 2 rings (SSSR count). The molecule has 0 atom stereocenters. The molecule has 2 aromatic carbocycles. The summed E-state index contributed by atoms with van der Waals surface area (Å²) in [5.41, 5.74) is 2.30. The van der Waals surface area contributed by atoms with Crippen molar-refractivity contribution in [3.63, 3.8) is 0 Å². The summed E-state index contributed by atoms with van der Waals surface area (Å²) in [6.07, 6.45) is 0. The maximum atomic E-state index is 12.2. The summed E-state index contributed by atoms with van der Waals surface area (Å²) in [7, 11) is 0. The van der Waals surface area contributed by atoms with E-state index in [-0.39, 0.29) is 12.4 Å². The Balaban J connectivity index is 2.14. The molecule has 130 valence electrons. The van der Waals surface area contributed by atoms with Crippen LogP contribution in [0.3, 0.4) is 0 Å². The van der Waals surface area contributed by atoms with E-state index in [2.05, 4.69) is 15.9 Å². The van der Waals surface area contributed by atoms with Crippen LogP contribution in [0, 0.1) is 25.2 Å². The number of esters is 1. The van der Waals surface area contributed by atoms with Gasteiger partial charge in [-0.2, -0.15) is 5.26 Å². The summed E-state index contributed by atoms with van der Waals surface area (Å²) in [6, 6.07) is 10.9. The van der Waals surface area contributed by atoms with E-state index >= 15 is 0 Å². The molecule has 0 fully saturated rings. The Kier molecular flexibility index (Phi) is 6.43. The first-order chi connectivity index (χ1) is 12.0. The third kappa shape index (κ3) is 4.74. The van der Waals surface area contributed by atoms with E-state index in [0.717, 1.165) is 11.1 Å². The molecule has 0 aromatic heterocycles. The fourth-order valence-electron chi connectivity index (χ4n) is 2.30. The number of carbonyl (C=O) groups excluding carboxylic acids is 1. The maximum Gasteiger partial charge on any atom is 0.349 e. The molecule has 0 amide bonds. The minimum absolute atomic E-state index is 0.232. The molecule has 0 saturated heterocycles. The predicted octanol–water partition coefficient (Wildman–Crippen LogP) is 4.32. The zero-order valence-electron chi connectivity index (χ0n) is 14.3. The van der Waals surface area contributed by atoms with Gasteiger partial charge in [0, 0.05) is 6.07 Å². The first-order valence-electron chi connectivity index (χ1n) is 7.72. The number of benzene rings is 2. The van der Waals surface area contributed by atoms with E-state index in [1.165, 1.54) is 6.07 Å². The van der Waals surface area contributed by atoms with Crippen LogP contribution in [0.15, 0.2) is 34.8 Å². The molecule has 0 spiro atoms. The Morgan fingerprint density at radius 3 is 2.44 bits per heavy atom. The standard InChI is InChI=1S/C19H18BrNO4/c1-4-23-16-9-14(10-21)8-15(20)19(16)25-17(22)11-24-18-12(2)6-5-7-13(18)3/h5-9H,4,11H2,1-3H3. The number of nitriles is 1. The summed E-state index contributed by atoms with van der Waals surface area (Å²) in [5.74, 6) is 0.669. The quantitative estimate of drug-likeness (QED) is 0.530. The molecule has 25 heavy (non-hydrogen) atoms. The molecule has 0 bridgehead atoms. The van der Waals surface area contributed by atoms with Crippen molar-refractivity contribution >= 4 is 21.9 Å². The van der Waals surface area contributed by atoms with Gasteiger partial charge in [-0.25, -0.2) is 4.79 Å². The van der Waals surface area contributed by atoms with Gasteiger partial charge in [-0.15, -0.1) is 0 Å². The molecule has 0 N–H and O–H groups in total. The van der Waals surface area contributed by atoms with Gasteiger partial charge in [0.25, 0.3) is 0 Å². The lowest BCUT2D eigenvalue weighted by Crippen LogP contribution is -2.19. The van der Waals surface area contributed by atoms with Crippen molar-refractivity contribution < 1.29 is 19.0 Å². The van der Waals surface area contributed by atoms with Gasteiger partial charge in [-0.1, -0.05) is 18.2 Å². The molecular formula is C19H18BrNO4. The first-order valence-corrected chi connectivity index (χ1v) is 8.51. The molecule has 0 saturated carbocycles. The van der Waals surface area contributed by atoms with E-state index in [9.17, 15) is 4.79 Å². The third-order valence-electron chi connectivity index (χ3n) is 3.40. The highest BCUT2D eigenvalue weighted by Gasteiger charge is 2.17. The second kappa shape index (κ2) is 8.54. The molecule has 0 heterocycles. The van der Waals surface area contributed by atoms with Crippen LogP contribution in [0.4, 0.5) is 0 Å². The van der Waals surface area contributed by atoms with Crippen molar-refractivity contribution in [2.45, 2.75) is 20.8 Å². The number of halogens is 1. The van der Waals surface area contributed by atoms with Crippen LogP contribution in [-0.2, 0) is 4.79 Å². The highest BCUT2D eigenvalue weighted by Crippen LogP contribution is 2.37. The minimum atomic E-state index is -0.561. The Hall–Kier alpha value is -2.52. The van der Waals surface area contributed by atoms with Crippen LogP contribution in [0.5, 0.6) is 17.2 Å². The third-order valence-corrected chi connectivity index (χ3v) is 3.99. The Morgan fingerprint density at radius 2 is 1.84 bits per heavy atom. The van der Waals surface area contributed by atoms with Gasteiger partial charge in [0.15, 0.2) is 18.1 Å². The lowest BCUT2D eigenvalue weighted by Gasteiger charge is -2.14. The number of aryl methyl sites for hydroxylation is 2. The van der Waals surface area contributed by atoms with Gasteiger partial charge >= 0.3 is 5.97 Å². The smallest absolute Gasteiger partial charge is 0.349 e. The monoisotopic (exact) mass is 403 g/mol. The fraction of sp³-hybridized carbons (Fsp3) is 0.263. The van der Waals surface area contributed by atoms with E-state index in [0.29, 0.717) is 28.1 Å². The highest BCUT2D eigenvalue weighted by molar-refractivity contribution is 9.10. The number of nitrogens with zero attached hydrogens (tertiary/aromatic N) is 1. The molecule has 2 aromatic rings. The van der Waals surface area contributed by atoms with E-state index in [1.807, 2.05) is 45.0 Å². The molecule has 0 aliphatic carbocycles. The zero-order chi connectivity index (χ0) is 18.4. The Bertz CT molecular complexity index is 807. The summed E-state index contributed by atoms with van der Waals surface area (Å²) in [4.78, 5) is 12.2. The van der Waals surface area contributed by atoms with Gasteiger partial charge in [0.2, 0.25) is 0 Å². The molecule has 6 heteroatoms. The van der Waals surface area contributed by atoms with Gasteiger partial charge in [0.1, 0.15) is 5.75 Å². The van der Waals surface area contributed by atoms with Crippen molar-refractivity contribution in [1.29, 1.82) is 5.26 Å². The summed E-state index contributed by atoms with van der Waals surface area (Å²) >= 11 is 3.31. The molecule has 0 aliphatic rings. The van der Waals surface area contributed by atoms with Crippen molar-refractivity contribution in [2.24, 2.45) is 0 Å². The largest absolute Gasteiger partial charge is 0.490 e. The van der Waals surface area contributed by atoms with Crippen LogP contribution in [0.2, 0.25) is 0 Å². The topological polar surface area (TPSA) is 68.5 Å². The van der Waals surface area contributed by atoms with E-state index in [1.54, 1.807) is 6.07 Å². The zero-order valence-corrected chi connectivity index (χ0v) is 15.8. The van der Waals surface area contributed by atoms with Gasteiger partial charge in [-0.3, -0.25) is 0 Å². The van der Waals surface area contributed by atoms with Crippen molar-refractivity contribution in [1.82, 2.24) is 0 Å². The second-order valence-electron chi connectivity index (χ2n) is 5.31. The summed E-state index contributed by atoms with van der Waals surface area (Å²) in [5, 5.41) is 9.04. The van der Waals surface area contributed by atoms with Crippen molar-refractivity contribution in [2.75, 3.05) is 13.2 Å². The number of para-hydroxylation sites is 1. The van der Waals surface area contributed by atoms with Gasteiger partial charge in [0.05, 0.1) is 22.7 Å². The average Bonchev–Trinajstić information content (AvgIpc) is 2.57. The number of hydrogen-bond acceptors (Lipinski definition) is 5. The van der Waals surface area contributed by atoms with Crippen LogP contribution < -0.4 is 14.2 Å². The lowest BCUT2D eigenvalue weighted by atomic mass is 10.1. The lowest BCUT2D eigenvalue weighted by molar-refractivity contribution is -0.136. The summed E-state index contributed by atoms with van der Waals surface area (Å²) in [6.45, 7) is 5.78. The minimum Gasteiger partial charge on any atom is -0.490 e. The Labute approximate surface area is 155 Å². The normalized spacial score (nSPS) is 10.0. The number of ether oxygens (including phenoxy) is 3. The number of rotatable bonds is 6. The molecule has 0 radical (unpaired) electrons. The Morgan fingerprint density at radius 1 is 1.16 bits per heavy atom. The second-order valence-corrected chi connectivity index (χ2v) is 6.17. The molecule has 0 unspecified atom stereocenters. The van der Waals surface area contributed by atoms with Crippen LogP contribution in [0.1, 0.15) is 23.6 Å².